The van der Waals surface area contributed by atoms with Crippen molar-refractivity contribution in [1.82, 2.24) is 0 Å². The van der Waals surface area contributed by atoms with Gasteiger partial charge in [0.1, 0.15) is 0 Å². The molecule has 0 aliphatic heterocycles. The molecule has 6 heteroatoms. The predicted molar refractivity (Wildman–Crippen MR) is 105 cm³/mol. The molecule has 0 radical (unpaired) electrons. The van der Waals surface area contributed by atoms with Gasteiger partial charge in [0, 0.05) is 17.7 Å². The van der Waals surface area contributed by atoms with Gasteiger partial charge in [-0.15, -0.1) is 0 Å². The number of ketones is 1. The number of nitriles is 1. The monoisotopic (exact) mass is 378 g/mol. The van der Waals surface area contributed by atoms with Gasteiger partial charge in [0.2, 0.25) is 0 Å². The molecule has 0 fully saturated rings. The normalized spacial score (nSPS) is 11.2. The molecule has 0 saturated heterocycles. The van der Waals surface area contributed by atoms with Gasteiger partial charge in [0.25, 0.3) is 5.91 Å². The van der Waals surface area contributed by atoms with Crippen molar-refractivity contribution in [2.45, 2.75) is 39.7 Å². The van der Waals surface area contributed by atoms with Gasteiger partial charge in [-0.3, -0.25) is 14.4 Å². The van der Waals surface area contributed by atoms with Crippen LogP contribution in [-0.2, 0) is 14.3 Å². The minimum atomic E-state index is -1.02. The summed E-state index contributed by atoms with van der Waals surface area (Å²) in [6.07, 6.45) is -1.11. The fourth-order valence-corrected chi connectivity index (χ4v) is 2.49. The maximum atomic E-state index is 12.2. The number of nitrogens with one attached hydrogen (secondary N) is 1. The zero-order valence-electron chi connectivity index (χ0n) is 16.1. The molecule has 2 aromatic carbocycles. The number of carbonyl (C=O) groups excluding carboxylic acids is 3. The zero-order chi connectivity index (χ0) is 20.7. The van der Waals surface area contributed by atoms with Gasteiger partial charge in [-0.1, -0.05) is 18.2 Å². The van der Waals surface area contributed by atoms with E-state index in [9.17, 15) is 14.4 Å². The molecule has 0 saturated carbocycles. The summed E-state index contributed by atoms with van der Waals surface area (Å²) < 4.78 is 5.10. The highest BCUT2D eigenvalue weighted by Crippen LogP contribution is 2.14. The standard InChI is InChI=1S/C22H22N2O4/c1-14-7-8-18(11-15(14)2)20(25)9-10-21(26)28-16(3)22(27)24-19-6-4-5-17(12-19)13-23/h4-8,11-12,16H,9-10H2,1-3H3,(H,24,27)/t16-/m0/s1. The maximum absolute atomic E-state index is 12.2. The first-order valence-corrected chi connectivity index (χ1v) is 8.91. The second-order valence-electron chi connectivity index (χ2n) is 6.54. The third-order valence-electron chi connectivity index (χ3n) is 4.32. The molecule has 0 aromatic heterocycles. The van der Waals surface area contributed by atoms with Crippen LogP contribution in [0.3, 0.4) is 0 Å². The Labute approximate surface area is 164 Å². The summed E-state index contributed by atoms with van der Waals surface area (Å²) in [5.74, 6) is -1.28. The van der Waals surface area contributed by atoms with E-state index >= 15 is 0 Å². The first-order chi connectivity index (χ1) is 13.3. The maximum Gasteiger partial charge on any atom is 0.307 e. The fourth-order valence-electron chi connectivity index (χ4n) is 2.49. The van der Waals surface area contributed by atoms with Crippen molar-refractivity contribution in [2.75, 3.05) is 5.32 Å². The molecular weight excluding hydrogens is 356 g/mol. The van der Waals surface area contributed by atoms with Crippen LogP contribution in [0.25, 0.3) is 0 Å². The lowest BCUT2D eigenvalue weighted by atomic mass is 10.0. The largest absolute Gasteiger partial charge is 0.453 e. The SMILES string of the molecule is Cc1ccc(C(=O)CCC(=O)O[C@@H](C)C(=O)Nc2cccc(C#N)c2)cc1C. The van der Waals surface area contributed by atoms with Crippen molar-refractivity contribution in [1.29, 1.82) is 5.26 Å². The Morgan fingerprint density at radius 2 is 1.82 bits per heavy atom. The van der Waals surface area contributed by atoms with Gasteiger partial charge in [0.15, 0.2) is 11.9 Å². The van der Waals surface area contributed by atoms with Crippen molar-refractivity contribution >= 4 is 23.3 Å². The molecule has 2 aromatic rings. The molecule has 1 amide bonds. The van der Waals surface area contributed by atoms with Gasteiger partial charge >= 0.3 is 5.97 Å². The highest BCUT2D eigenvalue weighted by molar-refractivity contribution is 5.98. The molecule has 6 nitrogen and oxygen atoms in total. The quantitative estimate of drug-likeness (QED) is 0.585. The van der Waals surface area contributed by atoms with Crippen LogP contribution in [0.4, 0.5) is 5.69 Å². The van der Waals surface area contributed by atoms with Crippen molar-refractivity contribution in [3.8, 4) is 6.07 Å². The summed E-state index contributed by atoms with van der Waals surface area (Å²) in [6, 6.07) is 13.8. The Bertz CT molecular complexity index is 944. The second kappa shape index (κ2) is 9.47. The molecule has 2 rings (SSSR count). The molecule has 1 atom stereocenters. The Hall–Kier alpha value is -3.46. The number of hydrogen-bond donors (Lipinski definition) is 1. The van der Waals surface area contributed by atoms with Gasteiger partial charge in [-0.2, -0.15) is 5.26 Å². The number of nitrogens with zero attached hydrogens (tertiary/aromatic N) is 1. The van der Waals surface area contributed by atoms with Gasteiger partial charge < -0.3 is 10.1 Å². The number of aryl methyl sites for hydroxylation is 2. The van der Waals surface area contributed by atoms with Crippen molar-refractivity contribution < 1.29 is 19.1 Å². The van der Waals surface area contributed by atoms with E-state index in [0.717, 1.165) is 11.1 Å². The number of Topliss-reactive ketones (excluding diaryl/α,β-unsaturated/α-hetero) is 1. The minimum Gasteiger partial charge on any atom is -0.453 e. The van der Waals surface area contributed by atoms with Crippen molar-refractivity contribution in [2.24, 2.45) is 0 Å². The summed E-state index contributed by atoms with van der Waals surface area (Å²) in [4.78, 5) is 36.3. The average Bonchev–Trinajstić information content (AvgIpc) is 2.68. The van der Waals surface area contributed by atoms with E-state index in [1.165, 1.54) is 13.0 Å². The number of benzene rings is 2. The summed E-state index contributed by atoms with van der Waals surface area (Å²) >= 11 is 0. The van der Waals surface area contributed by atoms with Crippen LogP contribution >= 0.6 is 0 Å². The third kappa shape index (κ3) is 5.78. The van der Waals surface area contributed by atoms with E-state index in [0.29, 0.717) is 16.8 Å². The first-order valence-electron chi connectivity index (χ1n) is 8.91. The van der Waals surface area contributed by atoms with E-state index in [2.05, 4.69) is 5.32 Å². The number of esters is 1. The lowest BCUT2D eigenvalue weighted by Crippen LogP contribution is -2.30. The molecule has 1 N–H and O–H groups in total. The Kier molecular flexibility index (Phi) is 7.05. The van der Waals surface area contributed by atoms with Crippen LogP contribution in [0, 0.1) is 25.2 Å². The number of anilines is 1. The van der Waals surface area contributed by atoms with E-state index < -0.39 is 18.0 Å². The summed E-state index contributed by atoms with van der Waals surface area (Å²) in [7, 11) is 0. The minimum absolute atomic E-state index is 0.0138. The number of amides is 1. The molecule has 28 heavy (non-hydrogen) atoms. The Morgan fingerprint density at radius 1 is 1.07 bits per heavy atom. The first kappa shape index (κ1) is 20.8. The van der Waals surface area contributed by atoms with Crippen LogP contribution in [-0.4, -0.2) is 23.8 Å². The van der Waals surface area contributed by atoms with Crippen LogP contribution < -0.4 is 5.32 Å². The molecular formula is C22H22N2O4. The zero-order valence-corrected chi connectivity index (χ0v) is 16.1. The number of ether oxygens (including phenoxy) is 1. The molecule has 0 heterocycles. The fraction of sp³-hybridized carbons (Fsp3) is 0.273. The third-order valence-corrected chi connectivity index (χ3v) is 4.32. The van der Waals surface area contributed by atoms with Crippen LogP contribution in [0.2, 0.25) is 0 Å². The summed E-state index contributed by atoms with van der Waals surface area (Å²) in [5.41, 5.74) is 3.51. The topological polar surface area (TPSA) is 96.3 Å². The van der Waals surface area contributed by atoms with Crippen molar-refractivity contribution in [3.05, 3.63) is 64.7 Å². The Morgan fingerprint density at radius 3 is 2.50 bits per heavy atom. The van der Waals surface area contributed by atoms with Crippen LogP contribution in [0.5, 0.6) is 0 Å². The van der Waals surface area contributed by atoms with Crippen LogP contribution in [0.1, 0.15) is 46.8 Å². The van der Waals surface area contributed by atoms with Gasteiger partial charge in [-0.05, 0) is 56.2 Å². The molecule has 0 aliphatic carbocycles. The molecule has 0 aliphatic rings. The number of hydrogen-bond acceptors (Lipinski definition) is 5. The lowest BCUT2D eigenvalue weighted by Gasteiger charge is -2.13. The van der Waals surface area contributed by atoms with E-state index in [-0.39, 0.29) is 18.6 Å². The van der Waals surface area contributed by atoms with E-state index in [1.54, 1.807) is 30.3 Å². The van der Waals surface area contributed by atoms with Gasteiger partial charge in [-0.25, -0.2) is 0 Å². The molecule has 0 spiro atoms. The Balaban J connectivity index is 1.84. The summed E-state index contributed by atoms with van der Waals surface area (Å²) in [5, 5.41) is 11.5. The highest BCUT2D eigenvalue weighted by atomic mass is 16.5. The molecule has 0 unspecified atom stereocenters. The van der Waals surface area contributed by atoms with Gasteiger partial charge in [0.05, 0.1) is 18.1 Å². The lowest BCUT2D eigenvalue weighted by molar-refractivity contribution is -0.153. The number of carbonyl (C=O) groups is 3. The van der Waals surface area contributed by atoms with Crippen LogP contribution in [0.15, 0.2) is 42.5 Å². The summed E-state index contributed by atoms with van der Waals surface area (Å²) in [6.45, 7) is 5.34. The molecule has 0 bridgehead atoms. The highest BCUT2D eigenvalue weighted by Gasteiger charge is 2.19. The smallest absolute Gasteiger partial charge is 0.307 e. The van der Waals surface area contributed by atoms with Crippen molar-refractivity contribution in [3.63, 3.8) is 0 Å². The second-order valence-corrected chi connectivity index (χ2v) is 6.54. The average molecular weight is 378 g/mol. The number of rotatable bonds is 7. The predicted octanol–water partition coefficient (Wildman–Crippen LogP) is 3.71. The van der Waals surface area contributed by atoms with E-state index in [1.807, 2.05) is 26.0 Å². The van der Waals surface area contributed by atoms with E-state index in [4.69, 9.17) is 10.00 Å². The molecule has 144 valence electrons.